The van der Waals surface area contributed by atoms with E-state index in [-0.39, 0.29) is 24.0 Å². The molecule has 0 spiro atoms. The standard InChI is InChI=1S/C19H25Cl2N3O2/c20-14-4-3-13(9-15(14)21)10-18(25)24-8-5-22-16-11-26-12-17(19(16)24)23-6-1-2-7-23/h3-4,9,16-17,19,22H,1-2,5-8,10-12H2/t16?,17?,19-/m0/s1. The Kier molecular flexibility index (Phi) is 5.72. The maximum atomic E-state index is 13.1. The van der Waals surface area contributed by atoms with Crippen LogP contribution in [-0.4, -0.2) is 73.2 Å². The number of hydrogen-bond donors (Lipinski definition) is 1. The average molecular weight is 398 g/mol. The van der Waals surface area contributed by atoms with Crippen molar-refractivity contribution in [3.05, 3.63) is 33.8 Å². The summed E-state index contributed by atoms with van der Waals surface area (Å²) < 4.78 is 5.87. The number of nitrogens with zero attached hydrogens (tertiary/aromatic N) is 2. The first-order valence-corrected chi connectivity index (χ1v) is 10.2. The number of likely N-dealkylation sites (tertiary alicyclic amines) is 1. The van der Waals surface area contributed by atoms with Gasteiger partial charge in [-0.25, -0.2) is 0 Å². The first kappa shape index (κ1) is 18.5. The molecule has 3 aliphatic heterocycles. The van der Waals surface area contributed by atoms with Gasteiger partial charge in [-0.1, -0.05) is 29.3 Å². The van der Waals surface area contributed by atoms with Crippen LogP contribution in [0.3, 0.4) is 0 Å². The van der Waals surface area contributed by atoms with Crippen molar-refractivity contribution in [2.45, 2.75) is 37.4 Å². The van der Waals surface area contributed by atoms with Crippen LogP contribution in [-0.2, 0) is 16.0 Å². The molecule has 2 unspecified atom stereocenters. The molecule has 26 heavy (non-hydrogen) atoms. The molecule has 0 saturated carbocycles. The molecule has 0 radical (unpaired) electrons. The molecule has 3 saturated heterocycles. The van der Waals surface area contributed by atoms with Gasteiger partial charge in [-0.3, -0.25) is 9.69 Å². The van der Waals surface area contributed by atoms with Crippen molar-refractivity contribution in [2.24, 2.45) is 0 Å². The van der Waals surface area contributed by atoms with Gasteiger partial charge in [0, 0.05) is 13.1 Å². The van der Waals surface area contributed by atoms with Gasteiger partial charge in [-0.2, -0.15) is 0 Å². The van der Waals surface area contributed by atoms with E-state index >= 15 is 0 Å². The van der Waals surface area contributed by atoms with Crippen LogP contribution >= 0.6 is 23.2 Å². The summed E-state index contributed by atoms with van der Waals surface area (Å²) in [6.45, 7) is 5.14. The van der Waals surface area contributed by atoms with E-state index in [2.05, 4.69) is 15.1 Å². The number of rotatable bonds is 3. The summed E-state index contributed by atoms with van der Waals surface area (Å²) in [6, 6.07) is 6.10. The van der Waals surface area contributed by atoms with E-state index in [1.54, 1.807) is 12.1 Å². The third kappa shape index (κ3) is 3.73. The molecular weight excluding hydrogens is 373 g/mol. The highest BCUT2D eigenvalue weighted by Crippen LogP contribution is 2.27. The minimum atomic E-state index is 0.158. The van der Waals surface area contributed by atoms with Crippen molar-refractivity contribution in [2.75, 3.05) is 39.4 Å². The quantitative estimate of drug-likeness (QED) is 0.848. The molecule has 1 amide bonds. The van der Waals surface area contributed by atoms with Gasteiger partial charge in [0.05, 0.1) is 47.8 Å². The minimum absolute atomic E-state index is 0.158. The fourth-order valence-corrected chi connectivity index (χ4v) is 4.84. The van der Waals surface area contributed by atoms with E-state index < -0.39 is 0 Å². The lowest BCUT2D eigenvalue weighted by molar-refractivity contribution is -0.142. The van der Waals surface area contributed by atoms with Crippen LogP contribution in [0.4, 0.5) is 0 Å². The molecule has 0 aromatic heterocycles. The summed E-state index contributed by atoms with van der Waals surface area (Å²) in [5.74, 6) is 0.158. The summed E-state index contributed by atoms with van der Waals surface area (Å²) in [6.07, 6.45) is 2.82. The number of hydrogen-bond acceptors (Lipinski definition) is 4. The van der Waals surface area contributed by atoms with Crippen molar-refractivity contribution in [1.29, 1.82) is 0 Å². The fourth-order valence-electron chi connectivity index (χ4n) is 4.52. The predicted molar refractivity (Wildman–Crippen MR) is 103 cm³/mol. The molecule has 4 rings (SSSR count). The molecule has 0 aliphatic carbocycles. The second-order valence-corrected chi connectivity index (χ2v) is 8.23. The Morgan fingerprint density at radius 1 is 1.15 bits per heavy atom. The Labute approximate surface area is 164 Å². The summed E-state index contributed by atoms with van der Waals surface area (Å²) in [4.78, 5) is 17.7. The highest BCUT2D eigenvalue weighted by molar-refractivity contribution is 6.42. The minimum Gasteiger partial charge on any atom is -0.378 e. The Morgan fingerprint density at radius 3 is 2.73 bits per heavy atom. The second kappa shape index (κ2) is 8.03. The Hall–Kier alpha value is -0.850. The number of amides is 1. The number of ether oxygens (including phenoxy) is 1. The number of nitrogens with one attached hydrogen (secondary N) is 1. The monoisotopic (exact) mass is 397 g/mol. The molecule has 0 bridgehead atoms. The summed E-state index contributed by atoms with van der Waals surface area (Å²) in [5, 5.41) is 4.57. The van der Waals surface area contributed by atoms with Crippen LogP contribution in [0.1, 0.15) is 18.4 Å². The normalized spacial score (nSPS) is 29.6. The first-order chi connectivity index (χ1) is 12.6. The van der Waals surface area contributed by atoms with Crippen LogP contribution in [0.2, 0.25) is 10.0 Å². The van der Waals surface area contributed by atoms with Crippen molar-refractivity contribution >= 4 is 29.1 Å². The summed E-state index contributed by atoms with van der Waals surface area (Å²) >= 11 is 12.1. The average Bonchev–Trinajstić information content (AvgIpc) is 3.18. The molecule has 3 atom stereocenters. The molecule has 1 aromatic rings. The number of piperazine rings is 1. The number of carbonyl (C=O) groups is 1. The smallest absolute Gasteiger partial charge is 0.227 e. The molecular formula is C19H25Cl2N3O2. The van der Waals surface area contributed by atoms with Gasteiger partial charge >= 0.3 is 0 Å². The molecule has 3 aliphatic rings. The largest absolute Gasteiger partial charge is 0.378 e. The van der Waals surface area contributed by atoms with Crippen molar-refractivity contribution in [3.8, 4) is 0 Å². The van der Waals surface area contributed by atoms with E-state index in [1.807, 2.05) is 6.07 Å². The predicted octanol–water partition coefficient (Wildman–Crippen LogP) is 2.20. The Balaban J connectivity index is 1.52. The lowest BCUT2D eigenvalue weighted by atomic mass is 9.92. The lowest BCUT2D eigenvalue weighted by Gasteiger charge is -2.50. The molecule has 3 heterocycles. The zero-order valence-corrected chi connectivity index (χ0v) is 16.3. The number of halogens is 2. The first-order valence-electron chi connectivity index (χ1n) is 9.42. The van der Waals surface area contributed by atoms with Crippen LogP contribution in [0.25, 0.3) is 0 Å². The van der Waals surface area contributed by atoms with E-state index in [9.17, 15) is 4.79 Å². The molecule has 142 valence electrons. The van der Waals surface area contributed by atoms with Crippen LogP contribution in [0, 0.1) is 0 Å². The van der Waals surface area contributed by atoms with Gasteiger partial charge < -0.3 is 15.0 Å². The van der Waals surface area contributed by atoms with Gasteiger partial charge in [0.2, 0.25) is 5.91 Å². The molecule has 1 aromatic carbocycles. The van der Waals surface area contributed by atoms with Crippen LogP contribution in [0.5, 0.6) is 0 Å². The highest BCUT2D eigenvalue weighted by Gasteiger charge is 2.44. The Morgan fingerprint density at radius 2 is 1.96 bits per heavy atom. The van der Waals surface area contributed by atoms with E-state index in [0.717, 1.165) is 31.7 Å². The molecule has 3 fully saturated rings. The number of fused-ring (bicyclic) bond motifs is 1. The second-order valence-electron chi connectivity index (χ2n) is 7.41. The number of carbonyl (C=O) groups excluding carboxylic acids is 1. The molecule has 7 heteroatoms. The van der Waals surface area contributed by atoms with E-state index in [4.69, 9.17) is 27.9 Å². The number of benzene rings is 1. The van der Waals surface area contributed by atoms with Gasteiger partial charge in [0.15, 0.2) is 0 Å². The maximum Gasteiger partial charge on any atom is 0.227 e. The summed E-state index contributed by atoms with van der Waals surface area (Å²) in [5.41, 5.74) is 0.907. The Bertz CT molecular complexity index is 664. The third-order valence-electron chi connectivity index (χ3n) is 5.78. The SMILES string of the molecule is O=C(Cc1ccc(Cl)c(Cl)c1)N1CCNC2COCC(N3CCCC3)[C@H]21. The van der Waals surface area contributed by atoms with Crippen LogP contribution < -0.4 is 5.32 Å². The topological polar surface area (TPSA) is 44.8 Å². The van der Waals surface area contributed by atoms with Crippen LogP contribution in [0.15, 0.2) is 18.2 Å². The lowest BCUT2D eigenvalue weighted by Crippen LogP contribution is -2.70. The van der Waals surface area contributed by atoms with Crippen molar-refractivity contribution in [1.82, 2.24) is 15.1 Å². The van der Waals surface area contributed by atoms with Gasteiger partial charge in [0.25, 0.3) is 0 Å². The fraction of sp³-hybridized carbons (Fsp3) is 0.632. The third-order valence-corrected chi connectivity index (χ3v) is 6.52. The van der Waals surface area contributed by atoms with E-state index in [1.165, 1.54) is 12.8 Å². The molecule has 1 N–H and O–H groups in total. The highest BCUT2D eigenvalue weighted by atomic mass is 35.5. The zero-order chi connectivity index (χ0) is 18.1. The summed E-state index contributed by atoms with van der Waals surface area (Å²) in [7, 11) is 0. The van der Waals surface area contributed by atoms with E-state index in [0.29, 0.717) is 29.7 Å². The van der Waals surface area contributed by atoms with Gasteiger partial charge in [-0.05, 0) is 43.6 Å². The zero-order valence-electron chi connectivity index (χ0n) is 14.8. The molecule has 5 nitrogen and oxygen atoms in total. The van der Waals surface area contributed by atoms with Crippen molar-refractivity contribution < 1.29 is 9.53 Å². The van der Waals surface area contributed by atoms with Gasteiger partial charge in [0.1, 0.15) is 0 Å². The maximum absolute atomic E-state index is 13.1. The van der Waals surface area contributed by atoms with Gasteiger partial charge in [-0.15, -0.1) is 0 Å². The van der Waals surface area contributed by atoms with Crippen molar-refractivity contribution in [3.63, 3.8) is 0 Å².